The number of para-hydroxylation sites is 2. The van der Waals surface area contributed by atoms with Gasteiger partial charge in [-0.05, 0) is 43.7 Å². The number of hydrogen-bond donors (Lipinski definition) is 3. The highest BCUT2D eigenvalue weighted by atomic mass is 16.5. The van der Waals surface area contributed by atoms with E-state index in [0.717, 1.165) is 46.4 Å². The van der Waals surface area contributed by atoms with Crippen molar-refractivity contribution in [1.29, 1.82) is 0 Å². The molecule has 0 fully saturated rings. The van der Waals surface area contributed by atoms with E-state index in [-0.39, 0.29) is 5.91 Å². The molecule has 2 heterocycles. The molecule has 1 amide bonds. The fourth-order valence-corrected chi connectivity index (χ4v) is 3.16. The Morgan fingerprint density at radius 1 is 1.11 bits per heavy atom. The zero-order chi connectivity index (χ0) is 18.6. The van der Waals surface area contributed by atoms with Crippen molar-refractivity contribution in [2.75, 3.05) is 13.2 Å². The Balaban J connectivity index is 1.33. The van der Waals surface area contributed by atoms with Crippen molar-refractivity contribution in [2.24, 2.45) is 0 Å². The summed E-state index contributed by atoms with van der Waals surface area (Å²) in [5, 5.41) is 3.95. The second-order valence-electron chi connectivity index (χ2n) is 6.43. The second kappa shape index (κ2) is 7.53. The molecule has 0 radical (unpaired) electrons. The fraction of sp³-hybridized carbons (Fsp3) is 0.238. The number of aromatic nitrogens is 3. The summed E-state index contributed by atoms with van der Waals surface area (Å²) in [6, 6.07) is 15.6. The Morgan fingerprint density at radius 2 is 2.00 bits per heavy atom. The number of nitrogens with one attached hydrogen (secondary N) is 3. The molecule has 2 aromatic carbocycles. The number of fused-ring (bicyclic) bond motifs is 2. The molecule has 6 heteroatoms. The monoisotopic (exact) mass is 362 g/mol. The van der Waals surface area contributed by atoms with Crippen molar-refractivity contribution in [3.05, 3.63) is 60.0 Å². The van der Waals surface area contributed by atoms with Crippen LogP contribution in [0.15, 0.2) is 48.5 Å². The van der Waals surface area contributed by atoms with Crippen LogP contribution in [0.5, 0.6) is 5.75 Å². The summed E-state index contributed by atoms with van der Waals surface area (Å²) in [4.78, 5) is 23.4. The average Bonchev–Trinajstić information content (AvgIpc) is 3.28. The van der Waals surface area contributed by atoms with Gasteiger partial charge < -0.3 is 20.0 Å². The van der Waals surface area contributed by atoms with Crippen molar-refractivity contribution in [3.63, 3.8) is 0 Å². The van der Waals surface area contributed by atoms with E-state index in [1.54, 1.807) is 0 Å². The highest BCUT2D eigenvalue weighted by Gasteiger charge is 2.10. The molecule has 0 aliphatic heterocycles. The van der Waals surface area contributed by atoms with Crippen LogP contribution in [-0.2, 0) is 6.42 Å². The van der Waals surface area contributed by atoms with Crippen molar-refractivity contribution < 1.29 is 9.53 Å². The highest BCUT2D eigenvalue weighted by Crippen LogP contribution is 2.21. The van der Waals surface area contributed by atoms with Gasteiger partial charge in [0, 0.05) is 29.9 Å². The number of aromatic amines is 2. The molecule has 0 saturated carbocycles. The zero-order valence-corrected chi connectivity index (χ0v) is 15.2. The van der Waals surface area contributed by atoms with Gasteiger partial charge in [-0.2, -0.15) is 0 Å². The van der Waals surface area contributed by atoms with Crippen LogP contribution in [-0.4, -0.2) is 34.0 Å². The number of amides is 1. The van der Waals surface area contributed by atoms with E-state index in [0.29, 0.717) is 18.8 Å². The molecule has 138 valence electrons. The van der Waals surface area contributed by atoms with Gasteiger partial charge in [0.2, 0.25) is 0 Å². The first kappa shape index (κ1) is 17.1. The maximum Gasteiger partial charge on any atom is 0.267 e. The molecule has 3 N–H and O–H groups in total. The van der Waals surface area contributed by atoms with Crippen LogP contribution in [0.3, 0.4) is 0 Å². The second-order valence-corrected chi connectivity index (χ2v) is 6.43. The van der Waals surface area contributed by atoms with Crippen LogP contribution in [0.2, 0.25) is 0 Å². The van der Waals surface area contributed by atoms with Gasteiger partial charge in [0.05, 0.1) is 17.6 Å². The molecule has 2 aromatic heterocycles. The Hall–Kier alpha value is -3.28. The third-order valence-corrected chi connectivity index (χ3v) is 4.46. The first-order valence-corrected chi connectivity index (χ1v) is 9.20. The summed E-state index contributed by atoms with van der Waals surface area (Å²) in [5.41, 5.74) is 3.47. The van der Waals surface area contributed by atoms with Gasteiger partial charge >= 0.3 is 0 Å². The first-order valence-electron chi connectivity index (χ1n) is 9.20. The number of hydrogen-bond acceptors (Lipinski definition) is 3. The number of aryl methyl sites for hydroxylation is 1. The molecule has 0 bridgehead atoms. The Kier molecular flexibility index (Phi) is 4.78. The molecule has 6 nitrogen and oxygen atoms in total. The van der Waals surface area contributed by atoms with E-state index < -0.39 is 0 Å². The lowest BCUT2D eigenvalue weighted by atomic mass is 10.2. The SMILES string of the molecule is CCOc1ccc2cc(C(=O)NCCCc3nc4ccccc4[nH]3)[nH]c2c1. The van der Waals surface area contributed by atoms with Gasteiger partial charge in [0.15, 0.2) is 0 Å². The molecule has 0 unspecified atom stereocenters. The zero-order valence-electron chi connectivity index (χ0n) is 15.2. The minimum absolute atomic E-state index is 0.103. The van der Waals surface area contributed by atoms with E-state index in [1.165, 1.54) is 0 Å². The Bertz CT molecular complexity index is 1050. The van der Waals surface area contributed by atoms with Crippen molar-refractivity contribution >= 4 is 27.8 Å². The topological polar surface area (TPSA) is 82.8 Å². The molecule has 0 aliphatic rings. The first-order chi connectivity index (χ1) is 13.2. The molecule has 0 atom stereocenters. The lowest BCUT2D eigenvalue weighted by Gasteiger charge is -2.02. The molecule has 0 saturated heterocycles. The predicted octanol–water partition coefficient (Wildman–Crippen LogP) is 3.81. The van der Waals surface area contributed by atoms with Gasteiger partial charge in [0.25, 0.3) is 5.91 Å². The smallest absolute Gasteiger partial charge is 0.267 e. The van der Waals surface area contributed by atoms with Crippen molar-refractivity contribution in [3.8, 4) is 5.75 Å². The Labute approximate surface area is 157 Å². The third-order valence-electron chi connectivity index (χ3n) is 4.46. The third kappa shape index (κ3) is 3.79. The van der Waals surface area contributed by atoms with Gasteiger partial charge in [0.1, 0.15) is 17.3 Å². The van der Waals surface area contributed by atoms with Gasteiger partial charge in [-0.3, -0.25) is 4.79 Å². The number of H-pyrrole nitrogens is 2. The lowest BCUT2D eigenvalue weighted by Crippen LogP contribution is -2.25. The van der Waals surface area contributed by atoms with Crippen LogP contribution in [0, 0.1) is 0 Å². The van der Waals surface area contributed by atoms with Crippen LogP contribution in [0.4, 0.5) is 0 Å². The summed E-state index contributed by atoms with van der Waals surface area (Å²) in [7, 11) is 0. The number of ether oxygens (including phenoxy) is 1. The van der Waals surface area contributed by atoms with Crippen LogP contribution >= 0.6 is 0 Å². The summed E-state index contributed by atoms with van der Waals surface area (Å²) in [5.74, 6) is 1.64. The maximum atomic E-state index is 12.4. The minimum atomic E-state index is -0.103. The van der Waals surface area contributed by atoms with E-state index in [4.69, 9.17) is 4.74 Å². The number of benzene rings is 2. The normalized spacial score (nSPS) is 11.1. The molecule has 4 aromatic rings. The number of carbonyl (C=O) groups is 1. The predicted molar refractivity (Wildman–Crippen MR) is 106 cm³/mol. The molecule has 27 heavy (non-hydrogen) atoms. The average molecular weight is 362 g/mol. The fourth-order valence-electron chi connectivity index (χ4n) is 3.16. The quantitative estimate of drug-likeness (QED) is 0.437. The van der Waals surface area contributed by atoms with Crippen molar-refractivity contribution in [1.82, 2.24) is 20.3 Å². The minimum Gasteiger partial charge on any atom is -0.494 e. The summed E-state index contributed by atoms with van der Waals surface area (Å²) in [6.45, 7) is 3.16. The Morgan fingerprint density at radius 3 is 2.85 bits per heavy atom. The number of nitrogens with zero attached hydrogens (tertiary/aromatic N) is 1. The van der Waals surface area contributed by atoms with Crippen molar-refractivity contribution in [2.45, 2.75) is 19.8 Å². The van der Waals surface area contributed by atoms with Gasteiger partial charge in [-0.1, -0.05) is 12.1 Å². The van der Waals surface area contributed by atoms with Gasteiger partial charge in [-0.15, -0.1) is 0 Å². The lowest BCUT2D eigenvalue weighted by molar-refractivity contribution is 0.0949. The number of carbonyl (C=O) groups excluding carboxylic acids is 1. The van der Waals surface area contributed by atoms with Crippen LogP contribution in [0.25, 0.3) is 21.9 Å². The summed E-state index contributed by atoms with van der Waals surface area (Å²) in [6.07, 6.45) is 1.61. The van der Waals surface area contributed by atoms with Crippen LogP contribution < -0.4 is 10.1 Å². The molecular formula is C21H22N4O2. The van der Waals surface area contributed by atoms with Crippen LogP contribution in [0.1, 0.15) is 29.7 Å². The van der Waals surface area contributed by atoms with E-state index in [1.807, 2.05) is 55.5 Å². The van der Waals surface area contributed by atoms with E-state index in [2.05, 4.69) is 20.3 Å². The standard InChI is InChI=1S/C21H22N4O2/c1-2-27-15-10-9-14-12-19(23-18(14)13-15)21(26)22-11-5-8-20-24-16-6-3-4-7-17(16)25-20/h3-4,6-7,9-10,12-13,23H,2,5,8,11H2,1H3,(H,22,26)(H,24,25). The van der Waals surface area contributed by atoms with E-state index >= 15 is 0 Å². The molecule has 0 spiro atoms. The molecule has 4 rings (SSSR count). The molecule has 0 aliphatic carbocycles. The summed E-state index contributed by atoms with van der Waals surface area (Å²) >= 11 is 0. The number of rotatable bonds is 7. The maximum absolute atomic E-state index is 12.4. The van der Waals surface area contributed by atoms with Gasteiger partial charge in [-0.25, -0.2) is 4.98 Å². The molecular weight excluding hydrogens is 340 g/mol. The highest BCUT2D eigenvalue weighted by molar-refractivity contribution is 5.98. The summed E-state index contributed by atoms with van der Waals surface area (Å²) < 4.78 is 5.50. The number of imidazole rings is 1. The largest absolute Gasteiger partial charge is 0.494 e. The van der Waals surface area contributed by atoms with E-state index in [9.17, 15) is 4.79 Å².